The summed E-state index contributed by atoms with van der Waals surface area (Å²) in [7, 11) is 0. The van der Waals surface area contributed by atoms with Gasteiger partial charge in [0.2, 0.25) is 11.8 Å². The average Bonchev–Trinajstić information content (AvgIpc) is 3.14. The third-order valence-electron chi connectivity index (χ3n) is 5.44. The van der Waals surface area contributed by atoms with Crippen LogP contribution in [0.15, 0.2) is 53.4 Å². The summed E-state index contributed by atoms with van der Waals surface area (Å²) in [5.74, 6) is -0.969. The molecule has 0 radical (unpaired) electrons. The van der Waals surface area contributed by atoms with Gasteiger partial charge in [0.25, 0.3) is 0 Å². The van der Waals surface area contributed by atoms with Crippen molar-refractivity contribution >= 4 is 35.0 Å². The summed E-state index contributed by atoms with van der Waals surface area (Å²) < 4.78 is 42.2. The molecule has 2 N–H and O–H groups in total. The number of carbonyl (C=O) groups excluding carboxylic acids is 2. The average molecular weight is 435 g/mol. The minimum Gasteiger partial charge on any atom is -0.325 e. The van der Waals surface area contributed by atoms with Gasteiger partial charge in [0, 0.05) is 23.7 Å². The van der Waals surface area contributed by atoms with Gasteiger partial charge in [0.15, 0.2) is 5.41 Å². The van der Waals surface area contributed by atoms with E-state index in [1.54, 1.807) is 17.0 Å². The summed E-state index contributed by atoms with van der Waals surface area (Å²) in [6.45, 7) is 0.140. The number of hydrogen-bond acceptors (Lipinski definition) is 4. The van der Waals surface area contributed by atoms with Gasteiger partial charge in [-0.15, -0.1) is 11.8 Å². The maximum atomic E-state index is 14.1. The Balaban J connectivity index is 1.52. The SMILES string of the molecule is O=C1CSc2ccc(NC(=O)C3(C(F)(F)F)CCN(Cc4ccccc4)C3)cc2N1. The van der Waals surface area contributed by atoms with E-state index in [1.165, 1.54) is 17.8 Å². The molecule has 1 atom stereocenters. The van der Waals surface area contributed by atoms with Crippen molar-refractivity contribution in [1.29, 1.82) is 0 Å². The van der Waals surface area contributed by atoms with Gasteiger partial charge in [-0.05, 0) is 36.7 Å². The topological polar surface area (TPSA) is 61.4 Å². The van der Waals surface area contributed by atoms with Crippen molar-refractivity contribution in [2.75, 3.05) is 29.5 Å². The fraction of sp³-hybridized carbons (Fsp3) is 0.333. The van der Waals surface area contributed by atoms with E-state index in [2.05, 4.69) is 10.6 Å². The zero-order valence-electron chi connectivity index (χ0n) is 16.0. The number of thioether (sulfide) groups is 1. The van der Waals surface area contributed by atoms with E-state index in [0.717, 1.165) is 10.5 Å². The predicted octanol–water partition coefficient (Wildman–Crippen LogP) is 4.12. The van der Waals surface area contributed by atoms with Crippen LogP contribution >= 0.6 is 11.8 Å². The standard InChI is InChI=1S/C21H20F3N3O2S/c22-21(23,24)20(8-9-27(13-20)11-14-4-2-1-3-5-14)19(29)25-15-6-7-17-16(10-15)26-18(28)12-30-17/h1-7,10H,8-9,11-13H2,(H,25,29)(H,26,28). The zero-order chi connectivity index (χ0) is 21.4. The molecule has 9 heteroatoms. The molecule has 2 aromatic rings. The Bertz CT molecular complexity index is 968. The molecule has 2 heterocycles. The van der Waals surface area contributed by atoms with Crippen molar-refractivity contribution in [3.63, 3.8) is 0 Å². The van der Waals surface area contributed by atoms with Crippen LogP contribution in [0.25, 0.3) is 0 Å². The van der Waals surface area contributed by atoms with Gasteiger partial charge in [-0.25, -0.2) is 0 Å². The van der Waals surface area contributed by atoms with E-state index in [-0.39, 0.29) is 30.3 Å². The van der Waals surface area contributed by atoms with Gasteiger partial charge in [0.1, 0.15) is 0 Å². The van der Waals surface area contributed by atoms with Crippen molar-refractivity contribution in [2.45, 2.75) is 24.0 Å². The van der Waals surface area contributed by atoms with Crippen LogP contribution in [0.2, 0.25) is 0 Å². The molecule has 158 valence electrons. The fourth-order valence-corrected chi connectivity index (χ4v) is 4.61. The van der Waals surface area contributed by atoms with Crippen molar-refractivity contribution < 1.29 is 22.8 Å². The summed E-state index contributed by atoms with van der Waals surface area (Å²) in [5.41, 5.74) is -0.854. The Kier molecular flexibility index (Phi) is 5.50. The van der Waals surface area contributed by atoms with Gasteiger partial charge in [0.05, 0.1) is 11.4 Å². The highest BCUT2D eigenvalue weighted by molar-refractivity contribution is 8.00. The normalized spacial score (nSPS) is 21.8. The smallest absolute Gasteiger partial charge is 0.325 e. The second-order valence-electron chi connectivity index (χ2n) is 7.53. The lowest BCUT2D eigenvalue weighted by atomic mass is 9.85. The molecule has 2 aromatic carbocycles. The fourth-order valence-electron chi connectivity index (χ4n) is 3.82. The maximum Gasteiger partial charge on any atom is 0.404 e. The lowest BCUT2D eigenvalue weighted by Gasteiger charge is -2.30. The number of hydrogen-bond donors (Lipinski definition) is 2. The second-order valence-corrected chi connectivity index (χ2v) is 8.55. The number of fused-ring (bicyclic) bond motifs is 1. The molecule has 4 rings (SSSR count). The number of anilines is 2. The van der Waals surface area contributed by atoms with Crippen molar-refractivity contribution in [2.24, 2.45) is 5.41 Å². The quantitative estimate of drug-likeness (QED) is 0.759. The molecule has 2 amide bonds. The van der Waals surface area contributed by atoms with Crippen molar-refractivity contribution in [3.05, 3.63) is 54.1 Å². The monoisotopic (exact) mass is 435 g/mol. The number of nitrogens with zero attached hydrogens (tertiary/aromatic N) is 1. The van der Waals surface area contributed by atoms with E-state index in [1.807, 2.05) is 30.3 Å². The molecule has 0 aliphatic carbocycles. The molecule has 2 aliphatic rings. The Morgan fingerprint density at radius 1 is 1.20 bits per heavy atom. The number of benzene rings is 2. The first-order valence-corrected chi connectivity index (χ1v) is 10.5. The Labute approximate surface area is 176 Å². The highest BCUT2D eigenvalue weighted by atomic mass is 32.2. The third-order valence-corrected chi connectivity index (χ3v) is 6.52. The van der Waals surface area contributed by atoms with E-state index in [4.69, 9.17) is 0 Å². The van der Waals surface area contributed by atoms with Crippen molar-refractivity contribution in [3.8, 4) is 0 Å². The number of alkyl halides is 3. The molecule has 0 saturated carbocycles. The molecule has 2 aliphatic heterocycles. The van der Waals surface area contributed by atoms with Crippen LogP contribution in [0.3, 0.4) is 0 Å². The highest BCUT2D eigenvalue weighted by Gasteiger charge is 2.63. The molecular weight excluding hydrogens is 415 g/mol. The lowest BCUT2D eigenvalue weighted by Crippen LogP contribution is -2.49. The number of nitrogens with one attached hydrogen (secondary N) is 2. The summed E-state index contributed by atoms with van der Waals surface area (Å²) in [6.07, 6.45) is -4.98. The third kappa shape index (κ3) is 4.04. The maximum absolute atomic E-state index is 14.1. The van der Waals surface area contributed by atoms with Crippen LogP contribution in [-0.2, 0) is 16.1 Å². The summed E-state index contributed by atoms with van der Waals surface area (Å²) in [5, 5.41) is 5.11. The van der Waals surface area contributed by atoms with E-state index in [0.29, 0.717) is 12.2 Å². The van der Waals surface area contributed by atoms with E-state index in [9.17, 15) is 22.8 Å². The van der Waals surface area contributed by atoms with Gasteiger partial charge in [-0.2, -0.15) is 13.2 Å². The molecule has 30 heavy (non-hydrogen) atoms. The number of rotatable bonds is 4. The van der Waals surface area contributed by atoms with Crippen LogP contribution < -0.4 is 10.6 Å². The lowest BCUT2D eigenvalue weighted by molar-refractivity contribution is -0.215. The van der Waals surface area contributed by atoms with Crippen LogP contribution in [0, 0.1) is 5.41 Å². The molecule has 1 saturated heterocycles. The zero-order valence-corrected chi connectivity index (χ0v) is 16.8. The highest BCUT2D eigenvalue weighted by Crippen LogP contribution is 2.47. The Morgan fingerprint density at radius 3 is 2.70 bits per heavy atom. The Morgan fingerprint density at radius 2 is 1.97 bits per heavy atom. The first-order chi connectivity index (χ1) is 14.3. The number of carbonyl (C=O) groups is 2. The number of halogens is 3. The summed E-state index contributed by atoms with van der Waals surface area (Å²) in [6, 6.07) is 14.0. The molecule has 0 aromatic heterocycles. The van der Waals surface area contributed by atoms with Crippen molar-refractivity contribution in [1.82, 2.24) is 4.90 Å². The van der Waals surface area contributed by atoms with Crippen LogP contribution in [0.1, 0.15) is 12.0 Å². The molecule has 0 bridgehead atoms. The van der Waals surface area contributed by atoms with Gasteiger partial charge >= 0.3 is 6.18 Å². The van der Waals surface area contributed by atoms with Crippen LogP contribution in [0.5, 0.6) is 0 Å². The largest absolute Gasteiger partial charge is 0.404 e. The summed E-state index contributed by atoms with van der Waals surface area (Å²) >= 11 is 1.34. The minimum absolute atomic E-state index is 0.179. The minimum atomic E-state index is -4.68. The molecule has 5 nitrogen and oxygen atoms in total. The molecule has 0 spiro atoms. The summed E-state index contributed by atoms with van der Waals surface area (Å²) in [4.78, 5) is 26.9. The molecule has 1 fully saturated rings. The second kappa shape index (κ2) is 7.96. The van der Waals surface area contributed by atoms with Gasteiger partial charge < -0.3 is 10.6 Å². The van der Waals surface area contributed by atoms with E-state index >= 15 is 0 Å². The van der Waals surface area contributed by atoms with Gasteiger partial charge in [-0.3, -0.25) is 14.5 Å². The predicted molar refractivity (Wildman–Crippen MR) is 109 cm³/mol. The van der Waals surface area contributed by atoms with Gasteiger partial charge in [-0.1, -0.05) is 30.3 Å². The van der Waals surface area contributed by atoms with Crippen LogP contribution in [-0.4, -0.2) is 41.7 Å². The number of likely N-dealkylation sites (tertiary alicyclic amines) is 1. The first-order valence-electron chi connectivity index (χ1n) is 9.48. The molecular formula is C21H20F3N3O2S. The molecule has 1 unspecified atom stereocenters. The van der Waals surface area contributed by atoms with E-state index < -0.39 is 24.0 Å². The van der Waals surface area contributed by atoms with Crippen LogP contribution in [0.4, 0.5) is 24.5 Å². The number of amides is 2. The first kappa shape index (κ1) is 20.7. The Hall–Kier alpha value is -2.52.